The fourth-order valence-electron chi connectivity index (χ4n) is 2.68. The van der Waals surface area contributed by atoms with Crippen molar-refractivity contribution < 1.29 is 9.15 Å². The molecule has 2 heterocycles. The molecular formula is C14H16BrNO2. The smallest absolute Gasteiger partial charge is 0.176 e. The van der Waals surface area contributed by atoms with Crippen LogP contribution in [0.3, 0.4) is 0 Å². The van der Waals surface area contributed by atoms with Gasteiger partial charge in [-0.25, -0.2) is 0 Å². The van der Waals surface area contributed by atoms with E-state index in [1.165, 1.54) is 18.4 Å². The minimum Gasteiger partial charge on any atom is -0.493 e. The molecule has 0 amide bonds. The van der Waals surface area contributed by atoms with Crippen molar-refractivity contribution in [3.8, 4) is 5.75 Å². The lowest BCUT2D eigenvalue weighted by atomic mass is 9.89. The summed E-state index contributed by atoms with van der Waals surface area (Å²) in [4.78, 5) is 0. The molecule has 1 aliphatic rings. The summed E-state index contributed by atoms with van der Waals surface area (Å²) >= 11 is 3.72. The third-order valence-electron chi connectivity index (χ3n) is 3.66. The summed E-state index contributed by atoms with van der Waals surface area (Å²) < 4.78 is 12.1. The number of furan rings is 1. The van der Waals surface area contributed by atoms with Crippen molar-refractivity contribution in [2.75, 3.05) is 20.2 Å². The van der Waals surface area contributed by atoms with Crippen LogP contribution in [-0.2, 0) is 0 Å². The number of hydrogen-bond donors (Lipinski definition) is 1. The first-order chi connectivity index (χ1) is 8.81. The molecule has 0 spiro atoms. The van der Waals surface area contributed by atoms with Crippen LogP contribution in [0.15, 0.2) is 27.3 Å². The minimum atomic E-state index is 0.592. The van der Waals surface area contributed by atoms with Crippen molar-refractivity contribution in [3.05, 3.63) is 28.4 Å². The topological polar surface area (TPSA) is 34.4 Å². The highest BCUT2D eigenvalue weighted by Gasteiger charge is 2.21. The highest BCUT2D eigenvalue weighted by atomic mass is 79.9. The number of rotatable bonds is 2. The lowest BCUT2D eigenvalue weighted by molar-refractivity contribution is 0.407. The standard InChI is InChI=1S/C14H16BrNO2/c1-17-12-8-11(9-2-5-16-6-3-9)13(15)10-4-7-18-14(10)12/h4,7-9,16H,2-3,5-6H2,1H3. The van der Waals surface area contributed by atoms with Crippen LogP contribution in [0.25, 0.3) is 11.0 Å². The van der Waals surface area contributed by atoms with Crippen LogP contribution in [0.5, 0.6) is 5.75 Å². The van der Waals surface area contributed by atoms with E-state index in [-0.39, 0.29) is 0 Å². The summed E-state index contributed by atoms with van der Waals surface area (Å²) in [7, 11) is 1.69. The Morgan fingerprint density at radius 2 is 2.17 bits per heavy atom. The van der Waals surface area contributed by atoms with Crippen molar-refractivity contribution in [3.63, 3.8) is 0 Å². The van der Waals surface area contributed by atoms with Gasteiger partial charge < -0.3 is 14.5 Å². The van der Waals surface area contributed by atoms with Gasteiger partial charge in [0.1, 0.15) is 0 Å². The number of fused-ring (bicyclic) bond motifs is 1. The van der Waals surface area contributed by atoms with Crippen molar-refractivity contribution in [1.82, 2.24) is 5.32 Å². The number of halogens is 1. The second kappa shape index (κ2) is 4.94. The van der Waals surface area contributed by atoms with Gasteiger partial charge in [0, 0.05) is 9.86 Å². The van der Waals surface area contributed by atoms with Gasteiger partial charge >= 0.3 is 0 Å². The van der Waals surface area contributed by atoms with Crippen LogP contribution in [-0.4, -0.2) is 20.2 Å². The molecule has 1 fully saturated rings. The average Bonchev–Trinajstić information content (AvgIpc) is 2.90. The molecule has 2 aromatic rings. The predicted molar refractivity (Wildman–Crippen MR) is 75.3 cm³/mol. The molecule has 96 valence electrons. The number of nitrogens with one attached hydrogen (secondary N) is 1. The van der Waals surface area contributed by atoms with E-state index in [1.54, 1.807) is 13.4 Å². The van der Waals surface area contributed by atoms with Gasteiger partial charge in [-0.1, -0.05) is 0 Å². The molecule has 0 bridgehead atoms. The molecule has 1 aliphatic heterocycles. The normalized spacial score (nSPS) is 17.2. The fourth-order valence-corrected chi connectivity index (χ4v) is 3.43. The van der Waals surface area contributed by atoms with Crippen LogP contribution in [0.1, 0.15) is 24.3 Å². The number of ether oxygens (including phenoxy) is 1. The Kier molecular flexibility index (Phi) is 3.31. The minimum absolute atomic E-state index is 0.592. The Morgan fingerprint density at radius 3 is 2.89 bits per heavy atom. The summed E-state index contributed by atoms with van der Waals surface area (Å²) in [5, 5.41) is 4.50. The molecule has 3 rings (SSSR count). The van der Waals surface area contributed by atoms with Crippen LogP contribution >= 0.6 is 15.9 Å². The lowest BCUT2D eigenvalue weighted by Crippen LogP contribution is -2.26. The maximum Gasteiger partial charge on any atom is 0.176 e. The first-order valence-corrected chi connectivity index (χ1v) is 7.05. The first kappa shape index (κ1) is 12.1. The molecule has 1 saturated heterocycles. The Morgan fingerprint density at radius 1 is 1.39 bits per heavy atom. The lowest BCUT2D eigenvalue weighted by Gasteiger charge is -2.24. The molecule has 0 atom stereocenters. The second-order valence-corrected chi connectivity index (χ2v) is 5.46. The fraction of sp³-hybridized carbons (Fsp3) is 0.429. The quantitative estimate of drug-likeness (QED) is 0.919. The molecule has 1 aromatic carbocycles. The largest absolute Gasteiger partial charge is 0.493 e. The Bertz CT molecular complexity index is 558. The van der Waals surface area contributed by atoms with E-state index >= 15 is 0 Å². The third-order valence-corrected chi connectivity index (χ3v) is 4.55. The highest BCUT2D eigenvalue weighted by molar-refractivity contribution is 9.10. The van der Waals surface area contributed by atoms with E-state index in [9.17, 15) is 0 Å². The number of hydrogen-bond acceptors (Lipinski definition) is 3. The Hall–Kier alpha value is -1.00. The third kappa shape index (κ3) is 1.93. The molecule has 3 nitrogen and oxygen atoms in total. The molecule has 1 N–H and O–H groups in total. The van der Waals surface area contributed by atoms with Gasteiger partial charge in [-0.15, -0.1) is 0 Å². The molecule has 0 saturated carbocycles. The van der Waals surface area contributed by atoms with Gasteiger partial charge in [0.25, 0.3) is 0 Å². The molecule has 0 unspecified atom stereocenters. The van der Waals surface area contributed by atoms with Gasteiger partial charge in [-0.3, -0.25) is 0 Å². The van der Waals surface area contributed by atoms with E-state index in [0.29, 0.717) is 5.92 Å². The molecule has 1 aromatic heterocycles. The second-order valence-electron chi connectivity index (χ2n) is 4.67. The van der Waals surface area contributed by atoms with Crippen molar-refractivity contribution in [2.24, 2.45) is 0 Å². The highest BCUT2D eigenvalue weighted by Crippen LogP contribution is 2.41. The van der Waals surface area contributed by atoms with E-state index < -0.39 is 0 Å². The van der Waals surface area contributed by atoms with Crippen molar-refractivity contribution in [1.29, 1.82) is 0 Å². The summed E-state index contributed by atoms with van der Waals surface area (Å²) in [5.41, 5.74) is 2.16. The predicted octanol–water partition coefficient (Wildman–Crippen LogP) is 3.67. The van der Waals surface area contributed by atoms with Crippen molar-refractivity contribution in [2.45, 2.75) is 18.8 Å². The SMILES string of the molecule is COc1cc(C2CCNCC2)c(Br)c2ccoc12. The van der Waals surface area contributed by atoms with E-state index in [0.717, 1.165) is 34.3 Å². The van der Waals surface area contributed by atoms with Crippen LogP contribution in [0, 0.1) is 0 Å². The van der Waals surface area contributed by atoms with Gasteiger partial charge in [0.2, 0.25) is 0 Å². The van der Waals surface area contributed by atoms with E-state index in [1.807, 2.05) is 6.07 Å². The van der Waals surface area contributed by atoms with E-state index in [4.69, 9.17) is 9.15 Å². The summed E-state index contributed by atoms with van der Waals surface area (Å²) in [6.07, 6.45) is 4.06. The van der Waals surface area contributed by atoms with Crippen LogP contribution < -0.4 is 10.1 Å². The monoisotopic (exact) mass is 309 g/mol. The zero-order valence-corrected chi connectivity index (χ0v) is 11.9. The van der Waals surface area contributed by atoms with Gasteiger partial charge in [-0.05, 0) is 65.5 Å². The van der Waals surface area contributed by atoms with Gasteiger partial charge in [-0.2, -0.15) is 0 Å². The van der Waals surface area contributed by atoms with Crippen LogP contribution in [0.4, 0.5) is 0 Å². The first-order valence-electron chi connectivity index (χ1n) is 6.25. The van der Waals surface area contributed by atoms with Crippen molar-refractivity contribution >= 4 is 26.9 Å². The maximum atomic E-state index is 5.50. The van der Waals surface area contributed by atoms with Gasteiger partial charge in [0.15, 0.2) is 11.3 Å². The Labute approximate surface area is 115 Å². The molecular weight excluding hydrogens is 294 g/mol. The molecule has 0 radical (unpaired) electrons. The zero-order chi connectivity index (χ0) is 12.5. The molecule has 0 aliphatic carbocycles. The number of piperidine rings is 1. The van der Waals surface area contributed by atoms with E-state index in [2.05, 4.69) is 27.3 Å². The molecule has 4 heteroatoms. The maximum absolute atomic E-state index is 5.50. The zero-order valence-electron chi connectivity index (χ0n) is 10.3. The number of methoxy groups -OCH3 is 1. The molecule has 18 heavy (non-hydrogen) atoms. The number of benzene rings is 1. The average molecular weight is 310 g/mol. The van der Waals surface area contributed by atoms with Gasteiger partial charge in [0.05, 0.1) is 13.4 Å². The Balaban J connectivity index is 2.12. The summed E-state index contributed by atoms with van der Waals surface area (Å²) in [6.45, 7) is 2.17. The van der Waals surface area contributed by atoms with Crippen LogP contribution in [0.2, 0.25) is 0 Å². The summed E-state index contributed by atoms with van der Waals surface area (Å²) in [6, 6.07) is 4.11. The summed E-state index contributed by atoms with van der Waals surface area (Å²) in [5.74, 6) is 1.42.